The Bertz CT molecular complexity index is 633. The highest BCUT2D eigenvalue weighted by atomic mass is 15.3. The van der Waals surface area contributed by atoms with E-state index in [2.05, 4.69) is 16.5 Å². The molecular weight excluding hydrogens is 248 g/mol. The molecule has 3 rings (SSSR count). The van der Waals surface area contributed by atoms with Gasteiger partial charge < -0.3 is 5.32 Å². The molecule has 0 radical (unpaired) electrons. The lowest BCUT2D eigenvalue weighted by Gasteiger charge is -2.24. The Morgan fingerprint density at radius 3 is 2.95 bits per heavy atom. The lowest BCUT2D eigenvalue weighted by molar-refractivity contribution is 0.452. The monoisotopic (exact) mass is 266 g/mol. The molecule has 0 fully saturated rings. The minimum atomic E-state index is 0.392. The first kappa shape index (κ1) is 12.9. The molecule has 1 unspecified atom stereocenters. The highest BCUT2D eigenvalue weighted by Gasteiger charge is 2.22. The Hall–Kier alpha value is -2.12. The number of benzene rings is 1. The molecule has 0 saturated carbocycles. The average molecular weight is 266 g/mol. The van der Waals surface area contributed by atoms with Gasteiger partial charge >= 0.3 is 0 Å². The molecule has 1 N–H and O–H groups in total. The zero-order chi connectivity index (χ0) is 13.9. The summed E-state index contributed by atoms with van der Waals surface area (Å²) in [5, 5.41) is 16.8. The number of rotatable bonds is 3. The summed E-state index contributed by atoms with van der Waals surface area (Å²) < 4.78 is 1.99. The zero-order valence-corrected chi connectivity index (χ0v) is 11.6. The van der Waals surface area contributed by atoms with Gasteiger partial charge in [-0.3, -0.25) is 4.68 Å². The van der Waals surface area contributed by atoms with E-state index in [1.165, 1.54) is 23.2 Å². The molecular formula is C16H18N4. The summed E-state index contributed by atoms with van der Waals surface area (Å²) in [4.78, 5) is 0. The standard InChI is InChI=1S/C16H18N4/c1-20-16-4-2-3-15(14(16)11-19-20)18-10-13-7-5-12(9-17)6-8-13/h5-8,11,15,18H,2-4,10H2,1H3. The van der Waals surface area contributed by atoms with E-state index in [4.69, 9.17) is 5.26 Å². The van der Waals surface area contributed by atoms with Gasteiger partial charge in [0.2, 0.25) is 0 Å². The van der Waals surface area contributed by atoms with Crippen LogP contribution in [0.2, 0.25) is 0 Å². The zero-order valence-electron chi connectivity index (χ0n) is 11.6. The Balaban J connectivity index is 1.68. The number of nitrogens with one attached hydrogen (secondary N) is 1. The van der Waals surface area contributed by atoms with Crippen LogP contribution in [0.3, 0.4) is 0 Å². The van der Waals surface area contributed by atoms with Gasteiger partial charge in [0.05, 0.1) is 17.8 Å². The van der Waals surface area contributed by atoms with Gasteiger partial charge in [-0.05, 0) is 37.0 Å². The van der Waals surface area contributed by atoms with Crippen LogP contribution < -0.4 is 5.32 Å². The number of aromatic nitrogens is 2. The molecule has 2 aromatic rings. The third-order valence-electron chi connectivity index (χ3n) is 4.01. The molecule has 4 nitrogen and oxygen atoms in total. The van der Waals surface area contributed by atoms with E-state index in [0.717, 1.165) is 19.4 Å². The van der Waals surface area contributed by atoms with Gasteiger partial charge in [-0.15, -0.1) is 0 Å². The van der Waals surface area contributed by atoms with Crippen molar-refractivity contribution in [1.29, 1.82) is 5.26 Å². The van der Waals surface area contributed by atoms with Crippen molar-refractivity contribution < 1.29 is 0 Å². The summed E-state index contributed by atoms with van der Waals surface area (Å²) in [7, 11) is 2.02. The molecule has 1 aromatic carbocycles. The number of hydrogen-bond acceptors (Lipinski definition) is 3. The third kappa shape index (κ3) is 2.45. The first-order chi connectivity index (χ1) is 9.78. The van der Waals surface area contributed by atoms with Crippen molar-refractivity contribution in [2.75, 3.05) is 0 Å². The molecule has 0 amide bonds. The highest BCUT2D eigenvalue weighted by molar-refractivity contribution is 5.32. The summed E-state index contributed by atoms with van der Waals surface area (Å²) >= 11 is 0. The molecule has 1 atom stereocenters. The van der Waals surface area contributed by atoms with Gasteiger partial charge in [-0.25, -0.2) is 0 Å². The topological polar surface area (TPSA) is 53.6 Å². The van der Waals surface area contributed by atoms with E-state index in [-0.39, 0.29) is 0 Å². The van der Waals surface area contributed by atoms with Crippen molar-refractivity contribution in [3.8, 4) is 6.07 Å². The maximum atomic E-state index is 8.80. The van der Waals surface area contributed by atoms with E-state index in [9.17, 15) is 0 Å². The Morgan fingerprint density at radius 2 is 2.20 bits per heavy atom. The second-order valence-corrected chi connectivity index (χ2v) is 5.30. The van der Waals surface area contributed by atoms with Crippen molar-refractivity contribution in [3.63, 3.8) is 0 Å². The summed E-state index contributed by atoms with van der Waals surface area (Å²) in [5.41, 5.74) is 4.61. The lowest BCUT2D eigenvalue weighted by atomic mass is 9.93. The van der Waals surface area contributed by atoms with Crippen LogP contribution in [0.5, 0.6) is 0 Å². The summed E-state index contributed by atoms with van der Waals surface area (Å²) in [6.45, 7) is 0.824. The van der Waals surface area contributed by atoms with E-state index >= 15 is 0 Å². The lowest BCUT2D eigenvalue weighted by Crippen LogP contribution is -2.24. The van der Waals surface area contributed by atoms with Crippen LogP contribution in [-0.4, -0.2) is 9.78 Å². The third-order valence-corrected chi connectivity index (χ3v) is 4.01. The SMILES string of the molecule is Cn1ncc2c1CCCC2NCc1ccc(C#N)cc1. The normalized spacial score (nSPS) is 17.5. The maximum Gasteiger partial charge on any atom is 0.0991 e. The smallest absolute Gasteiger partial charge is 0.0991 e. The predicted molar refractivity (Wildman–Crippen MR) is 76.9 cm³/mol. The van der Waals surface area contributed by atoms with Gasteiger partial charge in [0.1, 0.15) is 0 Å². The predicted octanol–water partition coefficient (Wildman–Crippen LogP) is 2.46. The van der Waals surface area contributed by atoms with Gasteiger partial charge in [0, 0.05) is 30.9 Å². The molecule has 1 aromatic heterocycles. The van der Waals surface area contributed by atoms with Crippen molar-refractivity contribution in [2.45, 2.75) is 31.8 Å². The van der Waals surface area contributed by atoms with E-state index in [1.54, 1.807) is 0 Å². The van der Waals surface area contributed by atoms with Crippen LogP contribution in [0.15, 0.2) is 30.5 Å². The van der Waals surface area contributed by atoms with Crippen LogP contribution in [0.25, 0.3) is 0 Å². The van der Waals surface area contributed by atoms with Crippen LogP contribution in [0.1, 0.15) is 41.3 Å². The van der Waals surface area contributed by atoms with Crippen LogP contribution in [0.4, 0.5) is 0 Å². The number of nitrogens with zero attached hydrogens (tertiary/aromatic N) is 3. The highest BCUT2D eigenvalue weighted by Crippen LogP contribution is 2.29. The molecule has 4 heteroatoms. The molecule has 0 aliphatic heterocycles. The Kier molecular flexibility index (Phi) is 3.53. The van der Waals surface area contributed by atoms with Gasteiger partial charge in [-0.1, -0.05) is 12.1 Å². The van der Waals surface area contributed by atoms with Gasteiger partial charge in [0.15, 0.2) is 0 Å². The van der Waals surface area contributed by atoms with Gasteiger partial charge in [-0.2, -0.15) is 10.4 Å². The van der Waals surface area contributed by atoms with Crippen molar-refractivity contribution in [3.05, 3.63) is 52.8 Å². The van der Waals surface area contributed by atoms with E-state index in [0.29, 0.717) is 11.6 Å². The molecule has 0 spiro atoms. The van der Waals surface area contributed by atoms with Crippen molar-refractivity contribution >= 4 is 0 Å². The molecule has 1 aliphatic carbocycles. The molecule has 0 bridgehead atoms. The summed E-state index contributed by atoms with van der Waals surface area (Å²) in [5.74, 6) is 0. The Morgan fingerprint density at radius 1 is 1.40 bits per heavy atom. The van der Waals surface area contributed by atoms with E-state index in [1.807, 2.05) is 42.2 Å². The first-order valence-corrected chi connectivity index (χ1v) is 7.01. The second kappa shape index (κ2) is 5.48. The molecule has 0 saturated heterocycles. The van der Waals surface area contributed by atoms with Crippen molar-refractivity contribution in [2.24, 2.45) is 7.05 Å². The van der Waals surface area contributed by atoms with Crippen LogP contribution in [-0.2, 0) is 20.0 Å². The molecule has 1 aliphatic rings. The van der Waals surface area contributed by atoms with Crippen molar-refractivity contribution in [1.82, 2.24) is 15.1 Å². The van der Waals surface area contributed by atoms with Crippen LogP contribution in [0, 0.1) is 11.3 Å². The Labute approximate surface area is 119 Å². The first-order valence-electron chi connectivity index (χ1n) is 7.01. The largest absolute Gasteiger partial charge is 0.306 e. The molecule has 102 valence electrons. The number of fused-ring (bicyclic) bond motifs is 1. The fourth-order valence-corrected chi connectivity index (χ4v) is 2.86. The number of nitriles is 1. The van der Waals surface area contributed by atoms with Gasteiger partial charge in [0.25, 0.3) is 0 Å². The number of hydrogen-bond donors (Lipinski definition) is 1. The maximum absolute atomic E-state index is 8.80. The molecule has 1 heterocycles. The summed E-state index contributed by atoms with van der Waals surface area (Å²) in [6.07, 6.45) is 5.48. The fourth-order valence-electron chi connectivity index (χ4n) is 2.86. The fraction of sp³-hybridized carbons (Fsp3) is 0.375. The minimum absolute atomic E-state index is 0.392. The minimum Gasteiger partial charge on any atom is -0.306 e. The van der Waals surface area contributed by atoms with Crippen LogP contribution >= 0.6 is 0 Å². The quantitative estimate of drug-likeness (QED) is 0.928. The molecule has 20 heavy (non-hydrogen) atoms. The van der Waals surface area contributed by atoms with E-state index < -0.39 is 0 Å². The average Bonchev–Trinajstić information content (AvgIpc) is 2.88. The summed E-state index contributed by atoms with van der Waals surface area (Å²) in [6, 6.07) is 10.3. The second-order valence-electron chi connectivity index (χ2n) is 5.30. The number of aryl methyl sites for hydroxylation is 1.